The monoisotopic (exact) mass is 266 g/mol. The lowest BCUT2D eigenvalue weighted by molar-refractivity contribution is -0.168. The second-order valence-electron chi connectivity index (χ2n) is 7.03. The Labute approximate surface area is 115 Å². The van der Waals surface area contributed by atoms with Crippen LogP contribution in [0.1, 0.15) is 32.1 Å². The molecular weight excluding hydrogens is 240 g/mol. The minimum atomic E-state index is -0.149. The number of hydrogen-bond donors (Lipinski definition) is 1. The van der Waals surface area contributed by atoms with Crippen LogP contribution in [0.2, 0.25) is 0 Å². The highest BCUT2D eigenvalue weighted by atomic mass is 16.5. The fraction of sp³-hybridized carbons (Fsp3) is 1.00. The van der Waals surface area contributed by atoms with Gasteiger partial charge in [0.05, 0.1) is 11.7 Å². The highest BCUT2D eigenvalue weighted by Gasteiger charge is 2.47. The predicted molar refractivity (Wildman–Crippen MR) is 73.1 cm³/mol. The van der Waals surface area contributed by atoms with E-state index in [2.05, 4.69) is 9.80 Å². The van der Waals surface area contributed by atoms with Crippen LogP contribution in [-0.4, -0.2) is 72.0 Å². The third kappa shape index (κ3) is 2.13. The van der Waals surface area contributed by atoms with E-state index in [1.807, 2.05) is 0 Å². The van der Waals surface area contributed by atoms with E-state index in [1.165, 1.54) is 32.4 Å². The molecule has 5 aliphatic rings. The smallest absolute Gasteiger partial charge is 0.0737 e. The van der Waals surface area contributed by atoms with Crippen molar-refractivity contribution in [2.75, 3.05) is 39.3 Å². The Hall–Kier alpha value is -0.160. The first-order chi connectivity index (χ1) is 9.26. The van der Waals surface area contributed by atoms with Crippen molar-refractivity contribution in [3.63, 3.8) is 0 Å². The van der Waals surface area contributed by atoms with Gasteiger partial charge >= 0.3 is 0 Å². The second-order valence-corrected chi connectivity index (χ2v) is 7.03. The summed E-state index contributed by atoms with van der Waals surface area (Å²) in [7, 11) is 0. The van der Waals surface area contributed by atoms with Gasteiger partial charge in [0.2, 0.25) is 0 Å². The number of ether oxygens (including phenoxy) is 1. The average molecular weight is 266 g/mol. The summed E-state index contributed by atoms with van der Waals surface area (Å²) in [6, 6.07) is 0.378. The number of aliphatic hydroxyl groups excluding tert-OH is 1. The van der Waals surface area contributed by atoms with Gasteiger partial charge in [-0.25, -0.2) is 0 Å². The van der Waals surface area contributed by atoms with Gasteiger partial charge in [-0.3, -0.25) is 9.80 Å². The zero-order valence-electron chi connectivity index (χ0n) is 11.8. The van der Waals surface area contributed by atoms with E-state index in [9.17, 15) is 5.11 Å². The molecule has 0 aromatic heterocycles. The van der Waals surface area contributed by atoms with Crippen LogP contribution in [-0.2, 0) is 4.74 Å². The first kappa shape index (κ1) is 12.6. The first-order valence-corrected chi connectivity index (χ1v) is 8.04. The van der Waals surface area contributed by atoms with Gasteiger partial charge in [-0.05, 0) is 38.0 Å². The van der Waals surface area contributed by atoms with Crippen LogP contribution in [0.25, 0.3) is 0 Å². The molecule has 4 heterocycles. The molecule has 0 radical (unpaired) electrons. The molecule has 3 unspecified atom stereocenters. The number of rotatable bonds is 2. The Morgan fingerprint density at radius 2 is 1.95 bits per heavy atom. The fourth-order valence-corrected chi connectivity index (χ4v) is 4.57. The van der Waals surface area contributed by atoms with Crippen LogP contribution in [0.4, 0.5) is 0 Å². The van der Waals surface area contributed by atoms with E-state index in [0.29, 0.717) is 12.0 Å². The van der Waals surface area contributed by atoms with Gasteiger partial charge in [-0.15, -0.1) is 0 Å². The molecule has 4 saturated heterocycles. The molecule has 0 amide bonds. The van der Waals surface area contributed by atoms with Crippen LogP contribution in [0.3, 0.4) is 0 Å². The summed E-state index contributed by atoms with van der Waals surface area (Å²) in [5.74, 6) is 0.458. The maximum absolute atomic E-state index is 10.8. The zero-order valence-corrected chi connectivity index (χ0v) is 11.8. The van der Waals surface area contributed by atoms with E-state index in [1.54, 1.807) is 0 Å². The molecule has 1 aliphatic carbocycles. The van der Waals surface area contributed by atoms with E-state index in [-0.39, 0.29) is 11.7 Å². The second kappa shape index (κ2) is 4.69. The summed E-state index contributed by atoms with van der Waals surface area (Å²) in [6.07, 6.45) is 5.75. The van der Waals surface area contributed by atoms with E-state index < -0.39 is 0 Å². The van der Waals surface area contributed by atoms with Crippen LogP contribution in [0.5, 0.6) is 0 Å². The van der Waals surface area contributed by atoms with Crippen molar-refractivity contribution in [1.29, 1.82) is 0 Å². The quantitative estimate of drug-likeness (QED) is 0.798. The Morgan fingerprint density at radius 1 is 1.16 bits per heavy atom. The molecule has 0 aromatic rings. The van der Waals surface area contributed by atoms with Gasteiger partial charge in [0.15, 0.2) is 0 Å². The normalized spacial score (nSPS) is 45.9. The summed E-state index contributed by atoms with van der Waals surface area (Å²) in [4.78, 5) is 5.04. The third-order valence-corrected chi connectivity index (χ3v) is 5.99. The minimum Gasteiger partial charge on any atom is -0.391 e. The Kier molecular flexibility index (Phi) is 3.10. The van der Waals surface area contributed by atoms with Crippen molar-refractivity contribution in [1.82, 2.24) is 9.80 Å². The Morgan fingerprint density at radius 3 is 2.53 bits per heavy atom. The lowest BCUT2D eigenvalue weighted by atomic mass is 9.70. The van der Waals surface area contributed by atoms with Crippen molar-refractivity contribution < 1.29 is 9.84 Å². The highest BCUT2D eigenvalue weighted by Crippen LogP contribution is 2.45. The molecule has 2 bridgehead atoms. The molecule has 4 nitrogen and oxygen atoms in total. The molecule has 5 fully saturated rings. The molecule has 0 aromatic carbocycles. The van der Waals surface area contributed by atoms with Gasteiger partial charge in [-0.1, -0.05) is 0 Å². The summed E-state index contributed by atoms with van der Waals surface area (Å²) in [6.45, 7) is 6.62. The van der Waals surface area contributed by atoms with Crippen LogP contribution >= 0.6 is 0 Å². The molecular formula is C15H26N2O2. The van der Waals surface area contributed by atoms with Crippen molar-refractivity contribution in [3.8, 4) is 0 Å². The molecule has 19 heavy (non-hydrogen) atoms. The molecule has 1 saturated carbocycles. The van der Waals surface area contributed by atoms with Crippen molar-refractivity contribution in [2.45, 2.75) is 49.9 Å². The lowest BCUT2D eigenvalue weighted by Gasteiger charge is -2.53. The highest BCUT2D eigenvalue weighted by molar-refractivity contribution is 5.00. The standard InChI is InChI=1S/C15H26N2O2/c18-14(13-11-16-5-7-17(13)8-6-16)12-2-9-19-15(10-12)3-1-4-15/h12-14,18H,1-11H2. The summed E-state index contributed by atoms with van der Waals surface area (Å²) in [5, 5.41) is 10.8. The number of nitrogens with zero attached hydrogens (tertiary/aromatic N) is 2. The number of fused-ring (bicyclic) bond motifs is 3. The maximum Gasteiger partial charge on any atom is 0.0737 e. The van der Waals surface area contributed by atoms with Gasteiger partial charge in [0.1, 0.15) is 0 Å². The van der Waals surface area contributed by atoms with Crippen LogP contribution in [0, 0.1) is 5.92 Å². The molecule has 4 heteroatoms. The average Bonchev–Trinajstić information content (AvgIpc) is 2.46. The topological polar surface area (TPSA) is 35.9 Å². The maximum atomic E-state index is 10.8. The van der Waals surface area contributed by atoms with Crippen molar-refractivity contribution in [3.05, 3.63) is 0 Å². The van der Waals surface area contributed by atoms with Crippen molar-refractivity contribution in [2.24, 2.45) is 5.92 Å². The van der Waals surface area contributed by atoms with Gasteiger partial charge < -0.3 is 9.84 Å². The van der Waals surface area contributed by atoms with Gasteiger partial charge in [-0.2, -0.15) is 0 Å². The first-order valence-electron chi connectivity index (χ1n) is 8.04. The van der Waals surface area contributed by atoms with Gasteiger partial charge in [0, 0.05) is 45.4 Å². The SMILES string of the molecule is OC(C1CCOC2(CCC2)C1)C1CN2CCN1CC2. The number of aliphatic hydroxyl groups is 1. The lowest BCUT2D eigenvalue weighted by Crippen LogP contribution is -2.65. The largest absolute Gasteiger partial charge is 0.391 e. The predicted octanol–water partition coefficient (Wildman–Crippen LogP) is 0.696. The van der Waals surface area contributed by atoms with E-state index in [0.717, 1.165) is 39.1 Å². The molecule has 1 N–H and O–H groups in total. The number of hydrogen-bond acceptors (Lipinski definition) is 4. The number of piperazine rings is 3. The van der Waals surface area contributed by atoms with Crippen molar-refractivity contribution >= 4 is 0 Å². The van der Waals surface area contributed by atoms with E-state index >= 15 is 0 Å². The zero-order chi connectivity index (χ0) is 12.9. The molecule has 1 spiro atoms. The molecule has 5 rings (SSSR count). The Balaban J connectivity index is 1.43. The molecule has 4 aliphatic heterocycles. The summed E-state index contributed by atoms with van der Waals surface area (Å²) >= 11 is 0. The van der Waals surface area contributed by atoms with Gasteiger partial charge in [0.25, 0.3) is 0 Å². The minimum absolute atomic E-state index is 0.149. The van der Waals surface area contributed by atoms with E-state index in [4.69, 9.17) is 4.74 Å². The molecule has 3 atom stereocenters. The van der Waals surface area contributed by atoms with Crippen LogP contribution in [0.15, 0.2) is 0 Å². The summed E-state index contributed by atoms with van der Waals surface area (Å²) in [5.41, 5.74) is 0.160. The molecule has 108 valence electrons. The fourth-order valence-electron chi connectivity index (χ4n) is 4.57. The third-order valence-electron chi connectivity index (χ3n) is 5.99. The summed E-state index contributed by atoms with van der Waals surface area (Å²) < 4.78 is 6.00. The Bertz CT molecular complexity index is 337. The van der Waals surface area contributed by atoms with Crippen LogP contribution < -0.4 is 0 Å².